The highest BCUT2D eigenvalue weighted by atomic mass is 79.9. The maximum atomic E-state index is 13.0. The van der Waals surface area contributed by atoms with Gasteiger partial charge in [-0.1, -0.05) is 6.07 Å². The summed E-state index contributed by atoms with van der Waals surface area (Å²) in [5.41, 5.74) is 1.11. The van der Waals surface area contributed by atoms with Crippen molar-refractivity contribution in [3.63, 3.8) is 0 Å². The Morgan fingerprint density at radius 1 is 0.895 bits per heavy atom. The van der Waals surface area contributed by atoms with Crippen molar-refractivity contribution in [2.45, 2.75) is 6.54 Å². The van der Waals surface area contributed by atoms with Crippen LogP contribution in [-0.4, -0.2) is 0 Å². The molecule has 0 aliphatic carbocycles. The Balaban J connectivity index is 2.12. The molecule has 6 heteroatoms. The van der Waals surface area contributed by atoms with Gasteiger partial charge in [0.1, 0.15) is 0 Å². The van der Waals surface area contributed by atoms with Crippen LogP contribution in [0.15, 0.2) is 39.3 Å². The summed E-state index contributed by atoms with van der Waals surface area (Å²) in [6.45, 7) is 0.371. The van der Waals surface area contributed by atoms with Crippen molar-refractivity contribution in [1.29, 1.82) is 0 Å². The summed E-state index contributed by atoms with van der Waals surface area (Å²) in [5, 5.41) is 2.83. The molecule has 1 N–H and O–H groups in total. The molecule has 0 saturated carbocycles. The Morgan fingerprint density at radius 2 is 1.53 bits per heavy atom. The zero-order valence-electron chi connectivity index (χ0n) is 9.48. The summed E-state index contributed by atoms with van der Waals surface area (Å²) in [6, 6.07) is 7.43. The molecule has 0 aliphatic heterocycles. The van der Waals surface area contributed by atoms with Crippen molar-refractivity contribution >= 4 is 37.5 Å². The van der Waals surface area contributed by atoms with Gasteiger partial charge >= 0.3 is 0 Å². The van der Waals surface area contributed by atoms with Gasteiger partial charge in [0, 0.05) is 33.3 Å². The average molecular weight is 395 g/mol. The minimum atomic E-state index is -1.46. The molecular weight excluding hydrogens is 387 g/mol. The molecule has 0 atom stereocenters. The van der Waals surface area contributed by atoms with Crippen molar-refractivity contribution in [1.82, 2.24) is 0 Å². The smallest absolute Gasteiger partial charge is 0.194 e. The molecule has 2 aromatic carbocycles. The fraction of sp³-hybridized carbons (Fsp3) is 0.0769. The maximum absolute atomic E-state index is 13.0. The predicted octanol–water partition coefficient (Wildman–Crippen LogP) is 5.24. The summed E-state index contributed by atoms with van der Waals surface area (Å²) >= 11 is 6.71. The Labute approximate surface area is 125 Å². The molecule has 0 heterocycles. The summed E-state index contributed by atoms with van der Waals surface area (Å²) in [4.78, 5) is 0. The van der Waals surface area contributed by atoms with Crippen LogP contribution in [0.2, 0.25) is 0 Å². The highest BCUT2D eigenvalue weighted by molar-refractivity contribution is 9.13. The molecule has 2 aromatic rings. The minimum absolute atomic E-state index is 0.190. The third-order valence-electron chi connectivity index (χ3n) is 2.46. The lowest BCUT2D eigenvalue weighted by atomic mass is 10.2. The molecular formula is C13H8Br2F3N. The Bertz CT molecular complexity index is 594. The SMILES string of the molecule is Fc1cc(NCc2ccc(Br)c(Br)c2)cc(F)c1F. The third kappa shape index (κ3) is 3.51. The fourth-order valence-electron chi connectivity index (χ4n) is 1.51. The minimum Gasteiger partial charge on any atom is -0.381 e. The van der Waals surface area contributed by atoms with Gasteiger partial charge in [-0.15, -0.1) is 0 Å². The number of nitrogens with one attached hydrogen (secondary N) is 1. The largest absolute Gasteiger partial charge is 0.381 e. The fourth-order valence-corrected chi connectivity index (χ4v) is 2.18. The number of rotatable bonds is 3. The number of halogens is 5. The van der Waals surface area contributed by atoms with Crippen molar-refractivity contribution < 1.29 is 13.2 Å². The normalized spacial score (nSPS) is 10.6. The highest BCUT2D eigenvalue weighted by Crippen LogP contribution is 2.24. The van der Waals surface area contributed by atoms with Crippen LogP contribution in [-0.2, 0) is 6.54 Å². The van der Waals surface area contributed by atoms with Gasteiger partial charge in [0.05, 0.1) is 0 Å². The molecule has 0 unspecified atom stereocenters. The predicted molar refractivity (Wildman–Crippen MR) is 75.5 cm³/mol. The van der Waals surface area contributed by atoms with Crippen molar-refractivity contribution in [2.24, 2.45) is 0 Å². The molecule has 2 rings (SSSR count). The first-order chi connectivity index (χ1) is 8.97. The number of hydrogen-bond acceptors (Lipinski definition) is 1. The molecule has 0 amide bonds. The van der Waals surface area contributed by atoms with Gasteiger partial charge in [0.2, 0.25) is 0 Å². The van der Waals surface area contributed by atoms with Crippen molar-refractivity contribution in [3.8, 4) is 0 Å². The second-order valence-electron chi connectivity index (χ2n) is 3.86. The van der Waals surface area contributed by atoms with Gasteiger partial charge in [-0.05, 0) is 49.6 Å². The standard InChI is InChI=1S/C13H8Br2F3N/c14-9-2-1-7(3-10(9)15)6-19-8-4-11(16)13(18)12(17)5-8/h1-5,19H,6H2. The van der Waals surface area contributed by atoms with Crippen molar-refractivity contribution in [2.75, 3.05) is 5.32 Å². The molecule has 0 fully saturated rings. The van der Waals surface area contributed by atoms with E-state index in [0.29, 0.717) is 6.54 Å². The van der Waals surface area contributed by atoms with E-state index < -0.39 is 17.5 Å². The molecule has 0 spiro atoms. The van der Waals surface area contributed by atoms with Crippen LogP contribution in [0.1, 0.15) is 5.56 Å². The monoisotopic (exact) mass is 393 g/mol. The van der Waals surface area contributed by atoms with Crippen LogP contribution >= 0.6 is 31.9 Å². The second-order valence-corrected chi connectivity index (χ2v) is 5.56. The van der Waals surface area contributed by atoms with Crippen LogP contribution in [0.5, 0.6) is 0 Å². The molecule has 0 aromatic heterocycles. The van der Waals surface area contributed by atoms with Crippen LogP contribution in [0.3, 0.4) is 0 Å². The average Bonchev–Trinajstić information content (AvgIpc) is 2.37. The van der Waals surface area contributed by atoms with Crippen LogP contribution in [0.25, 0.3) is 0 Å². The lowest BCUT2D eigenvalue weighted by Gasteiger charge is -2.08. The third-order valence-corrected chi connectivity index (χ3v) is 4.34. The molecule has 1 nitrogen and oxygen atoms in total. The molecule has 0 saturated heterocycles. The summed E-state index contributed by atoms with van der Waals surface area (Å²) < 4.78 is 40.6. The highest BCUT2D eigenvalue weighted by Gasteiger charge is 2.10. The van der Waals surface area contributed by atoms with E-state index in [9.17, 15) is 13.2 Å². The maximum Gasteiger partial charge on any atom is 0.194 e. The van der Waals surface area contributed by atoms with Crippen LogP contribution in [0.4, 0.5) is 18.9 Å². The van der Waals surface area contributed by atoms with E-state index in [2.05, 4.69) is 37.2 Å². The zero-order chi connectivity index (χ0) is 14.0. The number of anilines is 1. The first-order valence-corrected chi connectivity index (χ1v) is 6.88. The topological polar surface area (TPSA) is 12.0 Å². The Kier molecular flexibility index (Phi) is 4.52. The van der Waals surface area contributed by atoms with E-state index in [-0.39, 0.29) is 5.69 Å². The molecule has 0 aliphatic rings. The van der Waals surface area contributed by atoms with Gasteiger partial charge in [0.15, 0.2) is 17.5 Å². The first-order valence-electron chi connectivity index (χ1n) is 5.29. The number of benzene rings is 2. The molecule has 19 heavy (non-hydrogen) atoms. The van der Waals surface area contributed by atoms with Crippen LogP contribution < -0.4 is 5.32 Å². The zero-order valence-corrected chi connectivity index (χ0v) is 12.7. The van der Waals surface area contributed by atoms with E-state index in [4.69, 9.17) is 0 Å². The summed E-state index contributed by atoms with van der Waals surface area (Å²) in [7, 11) is 0. The molecule has 0 bridgehead atoms. The lowest BCUT2D eigenvalue weighted by molar-refractivity contribution is 0.447. The van der Waals surface area contributed by atoms with Gasteiger partial charge in [-0.25, -0.2) is 13.2 Å². The Hall–Kier alpha value is -1.01. The lowest BCUT2D eigenvalue weighted by Crippen LogP contribution is -2.02. The van der Waals surface area contributed by atoms with Gasteiger partial charge in [0.25, 0.3) is 0 Å². The summed E-state index contributed by atoms with van der Waals surface area (Å²) in [6.07, 6.45) is 0. The van der Waals surface area contributed by atoms with Crippen molar-refractivity contribution in [3.05, 3.63) is 62.3 Å². The summed E-state index contributed by atoms with van der Waals surface area (Å²) in [5.74, 6) is -3.88. The van der Waals surface area contributed by atoms with Gasteiger partial charge in [-0.3, -0.25) is 0 Å². The van der Waals surface area contributed by atoms with E-state index in [1.54, 1.807) is 0 Å². The molecule has 0 radical (unpaired) electrons. The van der Waals surface area contributed by atoms with E-state index >= 15 is 0 Å². The van der Waals surface area contributed by atoms with Gasteiger partial charge in [-0.2, -0.15) is 0 Å². The van der Waals surface area contributed by atoms with E-state index in [1.807, 2.05) is 18.2 Å². The van der Waals surface area contributed by atoms with Crippen LogP contribution in [0, 0.1) is 17.5 Å². The van der Waals surface area contributed by atoms with E-state index in [1.165, 1.54) is 0 Å². The quantitative estimate of drug-likeness (QED) is 0.702. The Morgan fingerprint density at radius 3 is 2.11 bits per heavy atom. The van der Waals surface area contributed by atoms with E-state index in [0.717, 1.165) is 26.6 Å². The van der Waals surface area contributed by atoms with Gasteiger partial charge < -0.3 is 5.32 Å². The number of hydrogen-bond donors (Lipinski definition) is 1. The molecule has 100 valence electrons. The first kappa shape index (κ1) is 14.4. The second kappa shape index (κ2) is 5.96.